The van der Waals surface area contributed by atoms with Gasteiger partial charge in [0.2, 0.25) is 0 Å². The fourth-order valence-electron chi connectivity index (χ4n) is 5.73. The van der Waals surface area contributed by atoms with Crippen molar-refractivity contribution in [3.05, 3.63) is 35.9 Å². The van der Waals surface area contributed by atoms with E-state index in [1.54, 1.807) is 0 Å². The Morgan fingerprint density at radius 2 is 1.10 bits per heavy atom. The molecule has 0 saturated heterocycles. The van der Waals surface area contributed by atoms with Crippen LogP contribution in [0.5, 0.6) is 0 Å². The van der Waals surface area contributed by atoms with Gasteiger partial charge in [0, 0.05) is 35.3 Å². The third-order valence-corrected chi connectivity index (χ3v) is 35.5. The predicted molar refractivity (Wildman–Crippen MR) is 153 cm³/mol. The summed E-state index contributed by atoms with van der Waals surface area (Å²) in [7, 11) is -3.78. The van der Waals surface area contributed by atoms with Crippen molar-refractivity contribution in [3.63, 3.8) is 0 Å². The van der Waals surface area contributed by atoms with Crippen LogP contribution in [0.15, 0.2) is 35.3 Å². The summed E-state index contributed by atoms with van der Waals surface area (Å²) < 4.78 is 3.19. The molecule has 0 atom stereocenters. The van der Waals surface area contributed by atoms with E-state index in [0.29, 0.717) is 3.91 Å². The van der Waals surface area contributed by atoms with Gasteiger partial charge >= 0.3 is 0 Å². The summed E-state index contributed by atoms with van der Waals surface area (Å²) in [5.41, 5.74) is 1.12. The maximum atomic E-state index is 5.37. The minimum atomic E-state index is -1.52. The molecule has 0 aliphatic rings. The third-order valence-electron chi connectivity index (χ3n) is 6.01. The van der Waals surface area contributed by atoms with Gasteiger partial charge in [-0.25, -0.2) is 0 Å². The van der Waals surface area contributed by atoms with Crippen molar-refractivity contribution < 1.29 is 0 Å². The van der Waals surface area contributed by atoms with Gasteiger partial charge in [0.15, 0.2) is 9.68 Å². The normalized spacial score (nSPS) is 15.3. The number of benzene rings is 1. The van der Waals surface area contributed by atoms with Gasteiger partial charge in [-0.2, -0.15) is 0 Å². The van der Waals surface area contributed by atoms with E-state index in [2.05, 4.69) is 135 Å². The van der Waals surface area contributed by atoms with Crippen molar-refractivity contribution in [2.24, 2.45) is 4.99 Å². The zero-order valence-corrected chi connectivity index (χ0v) is 27.3. The molecular formula is C25H50N2Si4. The molecule has 0 heterocycles. The Labute approximate surface area is 200 Å². The second kappa shape index (κ2) is 9.07. The molecule has 0 aliphatic carbocycles. The van der Waals surface area contributed by atoms with Crippen LogP contribution in [0.25, 0.3) is 0 Å². The Kier molecular flexibility index (Phi) is 8.36. The number of aliphatic imine (C=N–C) groups is 1. The zero-order valence-electron chi connectivity index (χ0n) is 23.3. The topological polar surface area (TPSA) is 15.6 Å². The second-order valence-electron chi connectivity index (χ2n) is 14.1. The molecule has 2 radical (unpaired) electrons. The molecule has 1 rings (SSSR count). The number of amidine groups is 1. The average Bonchev–Trinajstić information content (AvgIpc) is 2.48. The number of rotatable bonds is 6. The Hall–Kier alpha value is -0.442. The lowest BCUT2D eigenvalue weighted by Gasteiger charge is -2.61. The minimum Gasteiger partial charge on any atom is -0.379 e. The van der Waals surface area contributed by atoms with Crippen LogP contribution in [0.1, 0.15) is 47.1 Å². The first kappa shape index (κ1) is 28.6. The second-order valence-corrected chi connectivity index (χ2v) is 34.3. The van der Waals surface area contributed by atoms with Crippen molar-refractivity contribution in [2.45, 2.75) is 115 Å². The highest BCUT2D eigenvalue weighted by molar-refractivity contribution is 7.23. The first-order chi connectivity index (χ1) is 13.5. The lowest BCUT2D eigenvalue weighted by Crippen LogP contribution is -2.72. The van der Waals surface area contributed by atoms with Crippen LogP contribution in [-0.2, 0) is 0 Å². The maximum absolute atomic E-state index is 5.37. The third kappa shape index (κ3) is 6.55. The smallest absolute Gasteiger partial charge is 0.181 e. The highest BCUT2D eigenvalue weighted by atomic mass is 28.5. The molecule has 2 nitrogen and oxygen atoms in total. The van der Waals surface area contributed by atoms with Gasteiger partial charge in [0.1, 0.15) is 5.84 Å². The van der Waals surface area contributed by atoms with E-state index in [9.17, 15) is 0 Å². The molecule has 0 fully saturated rings. The van der Waals surface area contributed by atoms with Gasteiger partial charge in [0.25, 0.3) is 0 Å². The van der Waals surface area contributed by atoms with Gasteiger partial charge in [-0.05, 0) is 45.5 Å². The Morgan fingerprint density at radius 1 is 0.710 bits per heavy atom. The Morgan fingerprint density at radius 3 is 1.39 bits per heavy atom. The Bertz CT molecular complexity index is 716. The molecule has 0 spiro atoms. The molecule has 31 heavy (non-hydrogen) atoms. The van der Waals surface area contributed by atoms with E-state index in [1.165, 1.54) is 11.4 Å². The van der Waals surface area contributed by atoms with Gasteiger partial charge in [0.05, 0.1) is 5.54 Å². The molecule has 176 valence electrons. The first-order valence-corrected chi connectivity index (χ1v) is 23.2. The summed E-state index contributed by atoms with van der Waals surface area (Å²) in [6.45, 7) is 37.6. The summed E-state index contributed by atoms with van der Waals surface area (Å²) in [5, 5.41) is 0. The quantitative estimate of drug-likeness (QED) is 0.226. The summed E-state index contributed by atoms with van der Waals surface area (Å²) in [5.74, 6) is 1.18. The number of nitrogens with zero attached hydrogens (tertiary/aromatic N) is 2. The monoisotopic (exact) mass is 490 g/mol. The van der Waals surface area contributed by atoms with Gasteiger partial charge in [-0.1, -0.05) is 89.3 Å². The van der Waals surface area contributed by atoms with E-state index in [4.69, 9.17) is 4.99 Å². The number of hydrogen-bond acceptors (Lipinski definition) is 1. The molecule has 0 saturated carbocycles. The van der Waals surface area contributed by atoms with Crippen molar-refractivity contribution in [1.82, 2.24) is 4.57 Å². The summed E-state index contributed by atoms with van der Waals surface area (Å²) >= 11 is 0. The van der Waals surface area contributed by atoms with Crippen molar-refractivity contribution in [2.75, 3.05) is 0 Å². The highest BCUT2D eigenvalue weighted by Crippen LogP contribution is 2.53. The van der Waals surface area contributed by atoms with E-state index in [0.717, 1.165) is 9.68 Å². The maximum Gasteiger partial charge on any atom is 0.181 e. The van der Waals surface area contributed by atoms with E-state index in [1.807, 2.05) is 0 Å². The van der Waals surface area contributed by atoms with Crippen LogP contribution in [0.2, 0.25) is 62.8 Å². The van der Waals surface area contributed by atoms with Crippen molar-refractivity contribution in [1.29, 1.82) is 0 Å². The summed E-state index contributed by atoms with van der Waals surface area (Å²) in [6, 6.07) is 10.9. The zero-order chi connectivity index (χ0) is 24.7. The summed E-state index contributed by atoms with van der Waals surface area (Å²) in [6.07, 6.45) is 0. The minimum absolute atomic E-state index is 0.00255. The van der Waals surface area contributed by atoms with E-state index < -0.39 is 24.2 Å². The van der Waals surface area contributed by atoms with Crippen molar-refractivity contribution >= 4 is 39.7 Å². The molecule has 0 bridgehead atoms. The molecule has 6 heteroatoms. The Balaban J connectivity index is 3.95. The molecule has 0 aromatic heterocycles. The molecule has 0 aliphatic heterocycles. The lowest BCUT2D eigenvalue weighted by molar-refractivity contribution is 0.354. The molecule has 0 amide bonds. The van der Waals surface area contributed by atoms with E-state index in [-0.39, 0.29) is 11.1 Å². The molecule has 0 unspecified atom stereocenters. The SMILES string of the molecule is CC(C)(C)N=C(c1ccccc1)N([Si]C([Si](C)(C)C)([Si](C)(C)C)[Si](C)(C)C)C(C)(C)C. The van der Waals surface area contributed by atoms with Crippen LogP contribution >= 0.6 is 0 Å². The van der Waals surface area contributed by atoms with Crippen LogP contribution in [-0.4, -0.2) is 55.4 Å². The largest absolute Gasteiger partial charge is 0.379 e. The van der Waals surface area contributed by atoms with Crippen LogP contribution < -0.4 is 0 Å². The van der Waals surface area contributed by atoms with Crippen molar-refractivity contribution in [3.8, 4) is 0 Å². The first-order valence-electron chi connectivity index (χ1n) is 11.8. The summed E-state index contributed by atoms with van der Waals surface area (Å²) in [4.78, 5) is 5.37. The van der Waals surface area contributed by atoms with Crippen LogP contribution in [0.4, 0.5) is 0 Å². The van der Waals surface area contributed by atoms with Crippen LogP contribution in [0, 0.1) is 0 Å². The fraction of sp³-hybridized carbons (Fsp3) is 0.720. The predicted octanol–water partition coefficient (Wildman–Crippen LogP) is 7.74. The lowest BCUT2D eigenvalue weighted by atomic mass is 10.1. The standard InChI is InChI=1S/C25H50N2Si4/c1-23(2,3)26-22(21-19-17-16-18-20-21)27(24(4,5)6)28-25(29(7,8)9,30(10,11)12)31(13,14)15/h16-20H,1-15H3. The van der Waals surface area contributed by atoms with Gasteiger partial charge < -0.3 is 4.57 Å². The molecule has 0 N–H and O–H groups in total. The average molecular weight is 491 g/mol. The fourth-order valence-corrected chi connectivity index (χ4v) is 38.7. The number of hydrogen-bond donors (Lipinski definition) is 0. The van der Waals surface area contributed by atoms with Gasteiger partial charge in [-0.3, -0.25) is 4.99 Å². The molecule has 1 aromatic rings. The molecule has 1 aromatic carbocycles. The van der Waals surface area contributed by atoms with Gasteiger partial charge in [-0.15, -0.1) is 0 Å². The van der Waals surface area contributed by atoms with Crippen LogP contribution in [0.3, 0.4) is 0 Å². The van der Waals surface area contributed by atoms with E-state index >= 15 is 0 Å². The molecular weight excluding hydrogens is 441 g/mol. The highest BCUT2D eigenvalue weighted by Gasteiger charge is 2.61.